The van der Waals surface area contributed by atoms with E-state index in [-0.39, 0.29) is 5.41 Å². The van der Waals surface area contributed by atoms with Crippen molar-refractivity contribution in [1.29, 1.82) is 5.41 Å². The molecule has 156 valence electrons. The van der Waals surface area contributed by atoms with Crippen LogP contribution in [-0.4, -0.2) is 29.9 Å². The molecule has 2 nitrogen and oxygen atoms in total. The van der Waals surface area contributed by atoms with Crippen LogP contribution >= 0.6 is 11.6 Å². The standard InChI is InChI=1S/C24H36ClFN2/c1-16-12-17(2)20(22(25)13-16)10-11-28(15-23(5,6)7)19(4)21(14-27)18(3)24(8,9)26/h12-14,27H,4,10-11,15H2,1-3,5-9H3/b21-18-,27-14?. The average Bonchev–Trinajstić information content (AvgIpc) is 2.51. The fraction of sp³-hybridized carbons (Fsp3) is 0.542. The molecule has 0 aliphatic heterocycles. The second-order valence-corrected chi connectivity index (χ2v) is 9.78. The van der Waals surface area contributed by atoms with E-state index >= 15 is 0 Å². The number of rotatable bonds is 8. The molecule has 28 heavy (non-hydrogen) atoms. The van der Waals surface area contributed by atoms with E-state index in [1.54, 1.807) is 6.92 Å². The highest BCUT2D eigenvalue weighted by atomic mass is 35.5. The third-order valence-electron chi connectivity index (χ3n) is 4.99. The van der Waals surface area contributed by atoms with Gasteiger partial charge in [0.15, 0.2) is 0 Å². The summed E-state index contributed by atoms with van der Waals surface area (Å²) in [4.78, 5) is 2.16. The maximum absolute atomic E-state index is 14.5. The molecule has 0 fully saturated rings. The Bertz CT molecular complexity index is 741. The number of alkyl halides is 1. The number of allylic oxidation sites excluding steroid dienone is 2. The molecule has 0 atom stereocenters. The van der Waals surface area contributed by atoms with E-state index in [1.807, 2.05) is 13.0 Å². The summed E-state index contributed by atoms with van der Waals surface area (Å²) < 4.78 is 14.5. The van der Waals surface area contributed by atoms with Gasteiger partial charge in [-0.1, -0.05) is 45.0 Å². The van der Waals surface area contributed by atoms with Gasteiger partial charge in [0.1, 0.15) is 5.67 Å². The summed E-state index contributed by atoms with van der Waals surface area (Å²) >= 11 is 6.50. The Morgan fingerprint density at radius 2 is 1.79 bits per heavy atom. The molecule has 0 unspecified atom stereocenters. The molecule has 1 N–H and O–H groups in total. The first-order valence-electron chi connectivity index (χ1n) is 9.78. The molecular weight excluding hydrogens is 371 g/mol. The number of halogens is 2. The van der Waals surface area contributed by atoms with Crippen LogP contribution < -0.4 is 0 Å². The van der Waals surface area contributed by atoms with Gasteiger partial charge in [0.05, 0.1) is 0 Å². The van der Waals surface area contributed by atoms with Gasteiger partial charge in [0.25, 0.3) is 0 Å². The Balaban J connectivity index is 3.24. The molecule has 0 bridgehead atoms. The number of benzene rings is 1. The maximum Gasteiger partial charge on any atom is 0.127 e. The van der Waals surface area contributed by atoms with Gasteiger partial charge in [-0.15, -0.1) is 0 Å². The zero-order valence-corrected chi connectivity index (χ0v) is 19.5. The van der Waals surface area contributed by atoms with E-state index in [0.29, 0.717) is 23.4 Å². The lowest BCUT2D eigenvalue weighted by molar-refractivity contribution is 0.237. The van der Waals surface area contributed by atoms with Crippen molar-refractivity contribution >= 4 is 17.8 Å². The van der Waals surface area contributed by atoms with Crippen molar-refractivity contribution in [3.63, 3.8) is 0 Å². The molecule has 0 amide bonds. The van der Waals surface area contributed by atoms with Crippen LogP contribution in [0.2, 0.25) is 5.02 Å². The molecule has 1 aromatic rings. The summed E-state index contributed by atoms with van der Waals surface area (Å²) in [5.74, 6) is 0. The Kier molecular flexibility index (Phi) is 8.08. The summed E-state index contributed by atoms with van der Waals surface area (Å²) in [6, 6.07) is 4.13. The second kappa shape index (κ2) is 9.26. The minimum Gasteiger partial charge on any atom is -0.371 e. The molecule has 1 rings (SSSR count). The lowest BCUT2D eigenvalue weighted by Crippen LogP contribution is -2.35. The van der Waals surface area contributed by atoms with E-state index in [1.165, 1.54) is 25.6 Å². The monoisotopic (exact) mass is 406 g/mol. The van der Waals surface area contributed by atoms with E-state index in [2.05, 4.69) is 45.2 Å². The summed E-state index contributed by atoms with van der Waals surface area (Å²) in [6.45, 7) is 21.1. The number of aryl methyl sites for hydroxylation is 2. The van der Waals surface area contributed by atoms with Crippen molar-refractivity contribution in [2.45, 2.75) is 67.5 Å². The van der Waals surface area contributed by atoms with Crippen LogP contribution in [-0.2, 0) is 6.42 Å². The Labute approximate surface area is 176 Å². The van der Waals surface area contributed by atoms with Crippen molar-refractivity contribution in [3.8, 4) is 0 Å². The molecule has 0 aliphatic carbocycles. The van der Waals surface area contributed by atoms with Crippen LogP contribution in [0, 0.1) is 24.7 Å². The summed E-state index contributed by atoms with van der Waals surface area (Å²) in [6.07, 6.45) is 1.99. The topological polar surface area (TPSA) is 27.1 Å². The molecule has 0 saturated heterocycles. The second-order valence-electron chi connectivity index (χ2n) is 9.38. The first kappa shape index (κ1) is 24.4. The van der Waals surface area contributed by atoms with Crippen molar-refractivity contribution < 1.29 is 4.39 Å². The highest BCUT2D eigenvalue weighted by Gasteiger charge is 2.26. The highest BCUT2D eigenvalue weighted by Crippen LogP contribution is 2.30. The minimum atomic E-state index is -1.50. The van der Waals surface area contributed by atoms with E-state index in [0.717, 1.165) is 29.1 Å². The quantitative estimate of drug-likeness (QED) is 0.362. The van der Waals surface area contributed by atoms with Gasteiger partial charge < -0.3 is 10.3 Å². The normalized spacial score (nSPS) is 13.2. The first-order chi connectivity index (χ1) is 12.7. The molecular formula is C24H36ClFN2. The number of hydrogen-bond acceptors (Lipinski definition) is 2. The van der Waals surface area contributed by atoms with E-state index in [4.69, 9.17) is 17.0 Å². The van der Waals surface area contributed by atoms with Crippen molar-refractivity contribution in [1.82, 2.24) is 4.90 Å². The zero-order chi connectivity index (χ0) is 21.9. The molecule has 4 heteroatoms. The SMILES string of the molecule is C=C(/C(C=N)=C(/C)C(C)(C)F)N(CCc1c(C)cc(C)cc1Cl)CC(C)(C)C. The smallest absolute Gasteiger partial charge is 0.127 e. The predicted octanol–water partition coefficient (Wildman–Crippen LogP) is 7.08. The average molecular weight is 407 g/mol. The van der Waals surface area contributed by atoms with Gasteiger partial charge in [-0.25, -0.2) is 4.39 Å². The van der Waals surface area contributed by atoms with Gasteiger partial charge in [0, 0.05) is 35.6 Å². The zero-order valence-electron chi connectivity index (χ0n) is 18.8. The minimum absolute atomic E-state index is 0.0291. The number of nitrogens with zero attached hydrogens (tertiary/aromatic N) is 1. The van der Waals surface area contributed by atoms with Crippen LogP contribution in [0.1, 0.15) is 58.2 Å². The largest absolute Gasteiger partial charge is 0.371 e. The van der Waals surface area contributed by atoms with Gasteiger partial charge in [-0.05, 0) is 74.8 Å². The van der Waals surface area contributed by atoms with Crippen LogP contribution in [0.15, 0.2) is 35.6 Å². The van der Waals surface area contributed by atoms with Gasteiger partial charge in [0.2, 0.25) is 0 Å². The molecule has 0 aliphatic rings. The summed E-state index contributed by atoms with van der Waals surface area (Å²) in [7, 11) is 0. The molecule has 1 aromatic carbocycles. The predicted molar refractivity (Wildman–Crippen MR) is 121 cm³/mol. The van der Waals surface area contributed by atoms with Gasteiger partial charge in [-0.2, -0.15) is 0 Å². The van der Waals surface area contributed by atoms with E-state index in [9.17, 15) is 4.39 Å². The van der Waals surface area contributed by atoms with Crippen molar-refractivity contribution in [2.24, 2.45) is 5.41 Å². The fourth-order valence-corrected chi connectivity index (χ4v) is 3.71. The van der Waals surface area contributed by atoms with E-state index < -0.39 is 5.67 Å². The Morgan fingerprint density at radius 1 is 1.21 bits per heavy atom. The Hall–Kier alpha value is -1.61. The van der Waals surface area contributed by atoms with Crippen LogP contribution in [0.25, 0.3) is 0 Å². The third-order valence-corrected chi connectivity index (χ3v) is 5.33. The molecule has 0 radical (unpaired) electrons. The Morgan fingerprint density at radius 3 is 2.21 bits per heavy atom. The van der Waals surface area contributed by atoms with Gasteiger partial charge in [-0.3, -0.25) is 0 Å². The number of nitrogens with one attached hydrogen (secondary N) is 1. The lowest BCUT2D eigenvalue weighted by Gasteiger charge is -2.35. The van der Waals surface area contributed by atoms with Crippen LogP contribution in [0.5, 0.6) is 0 Å². The number of hydrogen-bond donors (Lipinski definition) is 1. The molecule has 0 heterocycles. The lowest BCUT2D eigenvalue weighted by atomic mass is 9.92. The van der Waals surface area contributed by atoms with Crippen molar-refractivity contribution in [2.75, 3.05) is 13.1 Å². The van der Waals surface area contributed by atoms with Crippen LogP contribution in [0.4, 0.5) is 4.39 Å². The highest BCUT2D eigenvalue weighted by molar-refractivity contribution is 6.31. The first-order valence-corrected chi connectivity index (χ1v) is 10.2. The molecule has 0 saturated carbocycles. The molecule has 0 aromatic heterocycles. The molecule has 0 spiro atoms. The maximum atomic E-state index is 14.5. The third kappa shape index (κ3) is 6.77. The summed E-state index contributed by atoms with van der Waals surface area (Å²) in [5.41, 5.74) is 3.75. The van der Waals surface area contributed by atoms with Gasteiger partial charge >= 0.3 is 0 Å². The summed E-state index contributed by atoms with van der Waals surface area (Å²) in [5, 5.41) is 8.64. The van der Waals surface area contributed by atoms with Crippen LogP contribution in [0.3, 0.4) is 0 Å². The van der Waals surface area contributed by atoms with Crippen molar-refractivity contribution in [3.05, 3.63) is 57.3 Å². The fourth-order valence-electron chi connectivity index (χ4n) is 3.29.